The molecule has 120 valence electrons. The third kappa shape index (κ3) is 5.22. The normalized spacial score (nSPS) is 21.9. The number of carbonyl (C=O) groups is 3. The molecule has 1 fully saturated rings. The van der Waals surface area contributed by atoms with Crippen LogP contribution in [0.4, 0.5) is 4.79 Å². The van der Waals surface area contributed by atoms with E-state index in [1.54, 1.807) is 20.8 Å². The summed E-state index contributed by atoms with van der Waals surface area (Å²) in [5.41, 5.74) is -0.661. The van der Waals surface area contributed by atoms with Crippen molar-refractivity contribution in [3.8, 4) is 0 Å². The van der Waals surface area contributed by atoms with Crippen LogP contribution in [0.2, 0.25) is 0 Å². The van der Waals surface area contributed by atoms with Crippen molar-refractivity contribution >= 4 is 18.0 Å². The van der Waals surface area contributed by atoms with E-state index in [-0.39, 0.29) is 19.5 Å². The van der Waals surface area contributed by atoms with Gasteiger partial charge in [0.15, 0.2) is 0 Å². The topological polar surface area (TPSA) is 105 Å². The Morgan fingerprint density at radius 2 is 1.95 bits per heavy atom. The summed E-state index contributed by atoms with van der Waals surface area (Å²) in [6.07, 6.45) is -1.37. The Balaban J connectivity index is 2.54. The van der Waals surface area contributed by atoms with Gasteiger partial charge in [-0.2, -0.15) is 0 Å². The first-order valence-electron chi connectivity index (χ1n) is 6.66. The van der Waals surface area contributed by atoms with E-state index in [2.05, 4.69) is 10.1 Å². The van der Waals surface area contributed by atoms with Crippen molar-refractivity contribution in [2.24, 2.45) is 0 Å². The smallest absolute Gasteiger partial charge is 0.408 e. The van der Waals surface area contributed by atoms with Crippen LogP contribution in [0.15, 0.2) is 0 Å². The van der Waals surface area contributed by atoms with Crippen LogP contribution in [0.1, 0.15) is 27.2 Å². The predicted octanol–water partition coefficient (Wildman–Crippen LogP) is -0.354. The van der Waals surface area contributed by atoms with Crippen LogP contribution >= 0.6 is 0 Å². The monoisotopic (exact) mass is 302 g/mol. The summed E-state index contributed by atoms with van der Waals surface area (Å²) in [6, 6.07) is -0.821. The molecular weight excluding hydrogens is 280 g/mol. The third-order valence-electron chi connectivity index (χ3n) is 2.86. The molecule has 1 aliphatic rings. The van der Waals surface area contributed by atoms with Gasteiger partial charge in [0.25, 0.3) is 0 Å². The number of hydrogen-bond acceptors (Lipinski definition) is 6. The zero-order valence-electron chi connectivity index (χ0n) is 12.7. The SMILES string of the molecule is COC(=O)C1CC(O)CN1C(=O)CNC(=O)OC(C)(C)C. The van der Waals surface area contributed by atoms with E-state index < -0.39 is 35.7 Å². The largest absolute Gasteiger partial charge is 0.467 e. The van der Waals surface area contributed by atoms with Crippen LogP contribution in [0.5, 0.6) is 0 Å². The number of aliphatic hydroxyl groups excluding tert-OH is 1. The number of ether oxygens (including phenoxy) is 2. The standard InChI is InChI=1S/C13H22N2O6/c1-13(2,3)21-12(19)14-6-10(17)15-7-8(16)5-9(15)11(18)20-4/h8-9,16H,5-7H2,1-4H3,(H,14,19). The third-order valence-corrected chi connectivity index (χ3v) is 2.86. The van der Waals surface area contributed by atoms with Crippen LogP contribution in [-0.2, 0) is 19.1 Å². The number of amides is 2. The van der Waals surface area contributed by atoms with Gasteiger partial charge in [0, 0.05) is 13.0 Å². The van der Waals surface area contributed by atoms with Crippen LogP contribution in [-0.4, -0.2) is 65.9 Å². The lowest BCUT2D eigenvalue weighted by Gasteiger charge is -2.23. The van der Waals surface area contributed by atoms with Crippen molar-refractivity contribution in [3.63, 3.8) is 0 Å². The molecule has 1 aliphatic heterocycles. The van der Waals surface area contributed by atoms with Crippen LogP contribution < -0.4 is 5.32 Å². The molecule has 1 rings (SSSR count). The maximum atomic E-state index is 12.0. The number of alkyl carbamates (subject to hydrolysis) is 1. The molecule has 21 heavy (non-hydrogen) atoms. The van der Waals surface area contributed by atoms with Crippen molar-refractivity contribution in [3.05, 3.63) is 0 Å². The first-order chi connectivity index (χ1) is 9.64. The van der Waals surface area contributed by atoms with Gasteiger partial charge in [0.05, 0.1) is 13.2 Å². The van der Waals surface area contributed by atoms with Gasteiger partial charge in [0.2, 0.25) is 5.91 Å². The highest BCUT2D eigenvalue weighted by Gasteiger charge is 2.39. The molecular formula is C13H22N2O6. The number of nitrogens with zero attached hydrogens (tertiary/aromatic N) is 1. The van der Waals surface area contributed by atoms with Gasteiger partial charge in [-0.25, -0.2) is 9.59 Å². The highest BCUT2D eigenvalue weighted by atomic mass is 16.6. The number of carbonyl (C=O) groups excluding carboxylic acids is 3. The molecule has 2 N–H and O–H groups in total. The summed E-state index contributed by atoms with van der Waals surface area (Å²) in [5.74, 6) is -1.06. The zero-order chi connectivity index (χ0) is 16.2. The molecule has 2 unspecified atom stereocenters. The van der Waals surface area contributed by atoms with Gasteiger partial charge in [-0.1, -0.05) is 0 Å². The fraction of sp³-hybridized carbons (Fsp3) is 0.769. The molecule has 0 spiro atoms. The van der Waals surface area contributed by atoms with E-state index in [1.807, 2.05) is 0 Å². The molecule has 2 atom stereocenters. The summed E-state index contributed by atoms with van der Waals surface area (Å²) in [7, 11) is 1.22. The van der Waals surface area contributed by atoms with Gasteiger partial charge >= 0.3 is 12.1 Å². The Morgan fingerprint density at radius 1 is 1.33 bits per heavy atom. The minimum Gasteiger partial charge on any atom is -0.467 e. The summed E-state index contributed by atoms with van der Waals surface area (Å²) in [4.78, 5) is 36.3. The van der Waals surface area contributed by atoms with Crippen LogP contribution in [0, 0.1) is 0 Å². The number of β-amino-alcohol motifs (C(OH)–C–C–N with tert-alkyl or cyclic N) is 1. The number of aliphatic hydroxyl groups is 1. The lowest BCUT2D eigenvalue weighted by molar-refractivity contribution is -0.150. The molecule has 0 aromatic carbocycles. The van der Waals surface area contributed by atoms with Crippen molar-refractivity contribution < 1.29 is 29.0 Å². The highest BCUT2D eigenvalue weighted by Crippen LogP contribution is 2.19. The quantitative estimate of drug-likeness (QED) is 0.690. The molecule has 2 amide bonds. The fourth-order valence-electron chi connectivity index (χ4n) is 2.01. The molecule has 1 heterocycles. The number of nitrogens with one attached hydrogen (secondary N) is 1. The zero-order valence-corrected chi connectivity index (χ0v) is 12.7. The molecule has 0 bridgehead atoms. The Hall–Kier alpha value is -1.83. The van der Waals surface area contributed by atoms with Gasteiger partial charge in [-0.15, -0.1) is 0 Å². The second-order valence-corrected chi connectivity index (χ2v) is 5.83. The second-order valence-electron chi connectivity index (χ2n) is 5.83. The van der Waals surface area contributed by atoms with Crippen molar-refractivity contribution in [1.29, 1.82) is 0 Å². The van der Waals surface area contributed by atoms with Crippen molar-refractivity contribution in [2.45, 2.75) is 44.9 Å². The first-order valence-corrected chi connectivity index (χ1v) is 6.66. The molecule has 8 nitrogen and oxygen atoms in total. The summed E-state index contributed by atoms with van der Waals surface area (Å²) in [5, 5.41) is 11.9. The Bertz CT molecular complexity index is 417. The maximum absolute atomic E-state index is 12.0. The van der Waals surface area contributed by atoms with Crippen molar-refractivity contribution in [1.82, 2.24) is 10.2 Å². The van der Waals surface area contributed by atoms with E-state index in [4.69, 9.17) is 4.74 Å². The van der Waals surface area contributed by atoms with Crippen LogP contribution in [0.25, 0.3) is 0 Å². The molecule has 0 saturated carbocycles. The molecule has 0 aliphatic carbocycles. The van der Waals surface area contributed by atoms with E-state index in [0.717, 1.165) is 0 Å². The molecule has 8 heteroatoms. The van der Waals surface area contributed by atoms with E-state index in [9.17, 15) is 19.5 Å². The predicted molar refractivity (Wildman–Crippen MR) is 72.4 cm³/mol. The number of rotatable bonds is 3. The van der Waals surface area contributed by atoms with Crippen molar-refractivity contribution in [2.75, 3.05) is 20.2 Å². The van der Waals surface area contributed by atoms with E-state index in [1.165, 1.54) is 12.0 Å². The van der Waals surface area contributed by atoms with Gasteiger partial charge in [-0.05, 0) is 20.8 Å². The fourth-order valence-corrected chi connectivity index (χ4v) is 2.01. The maximum Gasteiger partial charge on any atom is 0.408 e. The number of likely N-dealkylation sites (tertiary alicyclic amines) is 1. The van der Waals surface area contributed by atoms with Crippen LogP contribution in [0.3, 0.4) is 0 Å². The molecule has 0 aromatic rings. The average molecular weight is 302 g/mol. The van der Waals surface area contributed by atoms with Gasteiger partial charge < -0.3 is 24.8 Å². The number of hydrogen-bond donors (Lipinski definition) is 2. The molecule has 0 radical (unpaired) electrons. The average Bonchev–Trinajstić information content (AvgIpc) is 2.75. The van der Waals surface area contributed by atoms with Gasteiger partial charge in [-0.3, -0.25) is 4.79 Å². The number of methoxy groups -OCH3 is 1. The number of esters is 1. The van der Waals surface area contributed by atoms with E-state index >= 15 is 0 Å². The summed E-state index contributed by atoms with van der Waals surface area (Å²) < 4.78 is 9.60. The Labute approximate surface area is 123 Å². The summed E-state index contributed by atoms with van der Waals surface area (Å²) >= 11 is 0. The minimum absolute atomic E-state index is 0.0363. The summed E-state index contributed by atoms with van der Waals surface area (Å²) in [6.45, 7) is 4.85. The molecule has 0 aromatic heterocycles. The second kappa shape index (κ2) is 6.75. The van der Waals surface area contributed by atoms with Gasteiger partial charge in [0.1, 0.15) is 18.2 Å². The minimum atomic E-state index is -0.821. The highest BCUT2D eigenvalue weighted by molar-refractivity contribution is 5.88. The first kappa shape index (κ1) is 17.2. The van der Waals surface area contributed by atoms with E-state index in [0.29, 0.717) is 0 Å². The molecule has 1 saturated heterocycles. The lowest BCUT2D eigenvalue weighted by atomic mass is 10.2. The Morgan fingerprint density at radius 3 is 2.48 bits per heavy atom. The lowest BCUT2D eigenvalue weighted by Crippen LogP contribution is -2.46. The Kier molecular flexibility index (Phi) is 5.54.